The second-order valence-electron chi connectivity index (χ2n) is 10.1. The van der Waals surface area contributed by atoms with Gasteiger partial charge in [-0.25, -0.2) is 9.18 Å². The number of hydrogen-bond donors (Lipinski definition) is 3. The second-order valence-corrected chi connectivity index (χ2v) is 10.1. The molecule has 0 bridgehead atoms. The average Bonchev–Trinajstić information content (AvgIpc) is 2.97. The quantitative estimate of drug-likeness (QED) is 0.401. The van der Waals surface area contributed by atoms with Crippen molar-refractivity contribution in [3.8, 4) is 5.75 Å². The van der Waals surface area contributed by atoms with Gasteiger partial charge >= 0.3 is 6.03 Å². The number of pyridine rings is 1. The molecule has 1 aromatic heterocycles. The number of halogens is 1. The van der Waals surface area contributed by atoms with Crippen LogP contribution in [0.5, 0.6) is 5.75 Å². The molecule has 214 valence electrons. The Kier molecular flexibility index (Phi) is 8.73. The first-order valence-corrected chi connectivity index (χ1v) is 13.5. The van der Waals surface area contributed by atoms with E-state index in [1.165, 1.54) is 24.3 Å². The molecule has 10 nitrogen and oxygen atoms in total. The molecule has 1 fully saturated rings. The smallest absolute Gasteiger partial charge is 0.323 e. The summed E-state index contributed by atoms with van der Waals surface area (Å²) in [7, 11) is 1.72. The number of likely N-dealkylation sites (N-methyl/N-ethyl adjacent to an activating group) is 1. The molecule has 3 atom stereocenters. The van der Waals surface area contributed by atoms with E-state index in [2.05, 4.69) is 20.9 Å². The zero-order valence-corrected chi connectivity index (χ0v) is 22.6. The fraction of sp³-hybridized carbons (Fsp3) is 0.333. The lowest BCUT2D eigenvalue weighted by Gasteiger charge is -2.42. The summed E-state index contributed by atoms with van der Waals surface area (Å²) in [5.41, 5.74) is 1.80. The van der Waals surface area contributed by atoms with Crippen molar-refractivity contribution >= 4 is 29.2 Å². The van der Waals surface area contributed by atoms with E-state index < -0.39 is 18.0 Å². The largest absolute Gasteiger partial charge is 0.490 e. The van der Waals surface area contributed by atoms with E-state index in [0.29, 0.717) is 36.4 Å². The van der Waals surface area contributed by atoms with Crippen LogP contribution in [-0.4, -0.2) is 66.2 Å². The number of ether oxygens (including phenoxy) is 2. The van der Waals surface area contributed by atoms with Crippen LogP contribution in [0.25, 0.3) is 0 Å². The minimum atomic E-state index is -0.643. The summed E-state index contributed by atoms with van der Waals surface area (Å²) in [5, 5.41) is 8.04. The van der Waals surface area contributed by atoms with Crippen LogP contribution < -0.4 is 20.7 Å². The van der Waals surface area contributed by atoms with Crippen molar-refractivity contribution in [2.45, 2.75) is 43.9 Å². The number of hydrogen-bond acceptors (Lipinski definition) is 6. The van der Waals surface area contributed by atoms with Crippen molar-refractivity contribution in [3.63, 3.8) is 0 Å². The highest BCUT2D eigenvalue weighted by Gasteiger charge is 2.39. The summed E-state index contributed by atoms with van der Waals surface area (Å²) < 4.78 is 26.1. The van der Waals surface area contributed by atoms with Gasteiger partial charge in [0.2, 0.25) is 5.91 Å². The predicted octanol–water partition coefficient (Wildman–Crippen LogP) is 3.99. The van der Waals surface area contributed by atoms with E-state index in [9.17, 15) is 18.8 Å². The van der Waals surface area contributed by atoms with Crippen molar-refractivity contribution in [2.24, 2.45) is 0 Å². The van der Waals surface area contributed by atoms with Gasteiger partial charge in [0.05, 0.1) is 29.8 Å². The van der Waals surface area contributed by atoms with Gasteiger partial charge in [0, 0.05) is 31.7 Å². The standard InChI is InChI=1S/C30H32FN5O5/c1-36-25-8-7-21(17-28(37)33-15-12-19-10-13-32-14-11-19)41-27(25)18-40-26-9-6-20(16-22(26)29(36)38)34-30(39)35-24-5-3-2-4-23(24)31/h2-6,9-11,13-14,16,21,25,27H,7-8,12,15,17-18H2,1H3,(H,33,37)(H2,34,35,39)/t21-,25-,27-/m0/s1. The van der Waals surface area contributed by atoms with Gasteiger partial charge in [0.1, 0.15) is 24.3 Å². The fourth-order valence-electron chi connectivity index (χ4n) is 5.13. The molecule has 4 amide bonds. The normalized spacial score (nSPS) is 20.0. The Morgan fingerprint density at radius 3 is 2.68 bits per heavy atom. The van der Waals surface area contributed by atoms with Crippen LogP contribution in [-0.2, 0) is 16.0 Å². The minimum absolute atomic E-state index is 0.0412. The van der Waals surface area contributed by atoms with Gasteiger partial charge in [0.25, 0.3) is 5.91 Å². The molecular weight excluding hydrogens is 529 g/mol. The molecule has 0 spiro atoms. The summed E-state index contributed by atoms with van der Waals surface area (Å²) in [6.45, 7) is 0.733. The number of carbonyl (C=O) groups is 3. The zero-order valence-electron chi connectivity index (χ0n) is 22.6. The number of para-hydroxylation sites is 1. The lowest BCUT2D eigenvalue weighted by molar-refractivity contribution is -0.134. The molecule has 0 unspecified atom stereocenters. The number of amides is 4. The highest BCUT2D eigenvalue weighted by Crippen LogP contribution is 2.32. The third-order valence-corrected chi connectivity index (χ3v) is 7.29. The van der Waals surface area contributed by atoms with E-state index in [1.807, 2.05) is 12.1 Å². The number of carbonyl (C=O) groups excluding carboxylic acids is 3. The Hall–Kier alpha value is -4.51. The molecule has 1 saturated heterocycles. The highest BCUT2D eigenvalue weighted by atomic mass is 19.1. The summed E-state index contributed by atoms with van der Waals surface area (Å²) >= 11 is 0. The molecule has 11 heteroatoms. The Bertz CT molecular complexity index is 1410. The maximum atomic E-state index is 13.9. The maximum Gasteiger partial charge on any atom is 0.323 e. The molecule has 3 heterocycles. The fourth-order valence-corrected chi connectivity index (χ4v) is 5.13. The van der Waals surface area contributed by atoms with E-state index in [0.717, 1.165) is 12.0 Å². The van der Waals surface area contributed by atoms with Gasteiger partial charge < -0.3 is 30.3 Å². The van der Waals surface area contributed by atoms with Crippen LogP contribution in [0.1, 0.15) is 35.2 Å². The minimum Gasteiger partial charge on any atom is -0.490 e. The van der Waals surface area contributed by atoms with Crippen molar-refractivity contribution in [3.05, 3.63) is 83.9 Å². The molecule has 0 saturated carbocycles. The van der Waals surface area contributed by atoms with E-state index in [4.69, 9.17) is 9.47 Å². The van der Waals surface area contributed by atoms with Crippen molar-refractivity contribution in [1.29, 1.82) is 0 Å². The number of nitrogens with one attached hydrogen (secondary N) is 3. The first kappa shape index (κ1) is 28.0. The lowest BCUT2D eigenvalue weighted by atomic mass is 9.94. The lowest BCUT2D eigenvalue weighted by Crippen LogP contribution is -2.54. The zero-order chi connectivity index (χ0) is 28.8. The van der Waals surface area contributed by atoms with Crippen LogP contribution in [0, 0.1) is 5.82 Å². The first-order valence-electron chi connectivity index (χ1n) is 13.5. The maximum absolute atomic E-state index is 13.9. The third-order valence-electron chi connectivity index (χ3n) is 7.29. The van der Waals surface area contributed by atoms with Crippen LogP contribution in [0.3, 0.4) is 0 Å². The van der Waals surface area contributed by atoms with Gasteiger partial charge in [-0.05, 0) is 67.3 Å². The third kappa shape index (κ3) is 6.98. The molecule has 0 aliphatic carbocycles. The number of aromatic nitrogens is 1. The van der Waals surface area contributed by atoms with Gasteiger partial charge in [-0.3, -0.25) is 14.6 Å². The average molecular weight is 562 g/mol. The van der Waals surface area contributed by atoms with Crippen molar-refractivity contribution in [1.82, 2.24) is 15.2 Å². The molecule has 3 aromatic rings. The first-order chi connectivity index (χ1) is 19.9. The number of benzene rings is 2. The Balaban J connectivity index is 1.18. The molecule has 0 radical (unpaired) electrons. The molecule has 3 N–H and O–H groups in total. The Morgan fingerprint density at radius 1 is 1.07 bits per heavy atom. The van der Waals surface area contributed by atoms with Crippen molar-refractivity contribution in [2.75, 3.05) is 30.8 Å². The molecule has 5 rings (SSSR count). The topological polar surface area (TPSA) is 122 Å². The summed E-state index contributed by atoms with van der Waals surface area (Å²) in [6, 6.07) is 13.6. The highest BCUT2D eigenvalue weighted by molar-refractivity contribution is 6.02. The monoisotopic (exact) mass is 561 g/mol. The van der Waals surface area contributed by atoms with E-state index >= 15 is 0 Å². The SMILES string of the molecule is CN1C(=O)c2cc(NC(=O)Nc3ccccc3F)ccc2OC[C@@H]2O[C@H](CC(=O)NCCc3ccncc3)CC[C@@H]21. The molecule has 2 aliphatic heterocycles. The molecular formula is C30H32FN5O5. The predicted molar refractivity (Wildman–Crippen MR) is 150 cm³/mol. The van der Waals surface area contributed by atoms with Gasteiger partial charge in [0.15, 0.2) is 0 Å². The number of nitrogens with zero attached hydrogens (tertiary/aromatic N) is 2. The Labute approximate surface area is 237 Å². The summed E-state index contributed by atoms with van der Waals surface area (Å²) in [4.78, 5) is 44.1. The summed E-state index contributed by atoms with van der Waals surface area (Å²) in [6.07, 6.45) is 5.02. The number of rotatable bonds is 7. The van der Waals surface area contributed by atoms with Crippen LogP contribution in [0.4, 0.5) is 20.6 Å². The molecule has 2 aromatic carbocycles. The van der Waals surface area contributed by atoms with Crippen LogP contribution >= 0.6 is 0 Å². The molecule has 41 heavy (non-hydrogen) atoms. The van der Waals surface area contributed by atoms with E-state index in [-0.39, 0.29) is 42.7 Å². The van der Waals surface area contributed by atoms with Crippen molar-refractivity contribution < 1.29 is 28.2 Å². The number of anilines is 2. The van der Waals surface area contributed by atoms with E-state index in [1.54, 1.807) is 42.5 Å². The number of fused-ring (bicyclic) bond motifs is 2. The number of urea groups is 1. The van der Waals surface area contributed by atoms with Crippen LogP contribution in [0.15, 0.2) is 67.0 Å². The Morgan fingerprint density at radius 2 is 1.88 bits per heavy atom. The van der Waals surface area contributed by atoms with Crippen LogP contribution in [0.2, 0.25) is 0 Å². The van der Waals surface area contributed by atoms with Gasteiger partial charge in [-0.15, -0.1) is 0 Å². The van der Waals surface area contributed by atoms with Gasteiger partial charge in [-0.2, -0.15) is 0 Å². The molecule has 2 aliphatic rings. The summed E-state index contributed by atoms with van der Waals surface area (Å²) in [5.74, 6) is -0.550. The second kappa shape index (κ2) is 12.8. The van der Waals surface area contributed by atoms with Gasteiger partial charge in [-0.1, -0.05) is 12.1 Å².